The zero-order chi connectivity index (χ0) is 15.3. The van der Waals surface area contributed by atoms with Crippen LogP contribution in [0.1, 0.15) is 59.3 Å². The van der Waals surface area contributed by atoms with E-state index in [0.717, 1.165) is 45.3 Å². The Morgan fingerprint density at radius 3 is 2.05 bits per heavy atom. The summed E-state index contributed by atoms with van der Waals surface area (Å²) in [6.45, 7) is 9.21. The molecule has 0 bridgehead atoms. The predicted octanol–water partition coefficient (Wildman–Crippen LogP) is 2.40. The molecular weight excluding hydrogens is 254 g/mol. The quantitative estimate of drug-likeness (QED) is 0.510. The van der Waals surface area contributed by atoms with Crippen LogP contribution in [-0.2, 0) is 4.74 Å². The van der Waals surface area contributed by atoms with Gasteiger partial charge in [0.15, 0.2) is 0 Å². The second-order valence-electron chi connectivity index (χ2n) is 6.09. The Balaban J connectivity index is 3.19. The first-order valence-corrected chi connectivity index (χ1v) is 7.83. The van der Waals surface area contributed by atoms with E-state index in [1.54, 1.807) is 0 Å². The van der Waals surface area contributed by atoms with Crippen molar-refractivity contribution in [3.63, 3.8) is 0 Å². The van der Waals surface area contributed by atoms with E-state index in [-0.39, 0.29) is 6.09 Å². The summed E-state index contributed by atoms with van der Waals surface area (Å²) in [5.41, 5.74) is 5.01. The molecule has 0 saturated carbocycles. The van der Waals surface area contributed by atoms with Gasteiger partial charge in [-0.1, -0.05) is 12.8 Å². The molecule has 0 unspecified atom stereocenters. The van der Waals surface area contributed by atoms with Crippen molar-refractivity contribution in [1.82, 2.24) is 10.6 Å². The SMILES string of the molecule is CC(C)(C)OC(=O)NCCCCCNCCCCCN. The first-order valence-electron chi connectivity index (χ1n) is 7.83. The Hall–Kier alpha value is -0.810. The lowest BCUT2D eigenvalue weighted by Crippen LogP contribution is -2.33. The lowest BCUT2D eigenvalue weighted by atomic mass is 10.2. The minimum absolute atomic E-state index is 0.324. The number of unbranched alkanes of at least 4 members (excludes halogenated alkanes) is 4. The van der Waals surface area contributed by atoms with Crippen LogP contribution < -0.4 is 16.4 Å². The van der Waals surface area contributed by atoms with E-state index in [1.165, 1.54) is 12.8 Å². The van der Waals surface area contributed by atoms with E-state index in [1.807, 2.05) is 20.8 Å². The second kappa shape index (κ2) is 12.0. The maximum absolute atomic E-state index is 11.4. The molecule has 0 aliphatic carbocycles. The summed E-state index contributed by atoms with van der Waals surface area (Å²) in [6, 6.07) is 0. The lowest BCUT2D eigenvalue weighted by Gasteiger charge is -2.19. The number of rotatable bonds is 11. The molecule has 5 nitrogen and oxygen atoms in total. The van der Waals surface area contributed by atoms with Crippen LogP contribution in [0.3, 0.4) is 0 Å². The van der Waals surface area contributed by atoms with Gasteiger partial charge in [-0.2, -0.15) is 0 Å². The van der Waals surface area contributed by atoms with Crippen molar-refractivity contribution < 1.29 is 9.53 Å². The highest BCUT2D eigenvalue weighted by atomic mass is 16.6. The number of carbonyl (C=O) groups excluding carboxylic acids is 1. The maximum atomic E-state index is 11.4. The van der Waals surface area contributed by atoms with Gasteiger partial charge in [0.2, 0.25) is 0 Å². The van der Waals surface area contributed by atoms with Gasteiger partial charge in [0.05, 0.1) is 0 Å². The third-order valence-electron chi connectivity index (χ3n) is 2.76. The molecule has 0 aliphatic heterocycles. The Labute approximate surface area is 124 Å². The Morgan fingerprint density at radius 1 is 0.950 bits per heavy atom. The highest BCUT2D eigenvalue weighted by Gasteiger charge is 2.15. The molecule has 120 valence electrons. The van der Waals surface area contributed by atoms with Crippen LogP contribution in [0, 0.1) is 0 Å². The van der Waals surface area contributed by atoms with Crippen LogP contribution >= 0.6 is 0 Å². The summed E-state index contributed by atoms with van der Waals surface area (Å²) in [7, 11) is 0. The van der Waals surface area contributed by atoms with Crippen LogP contribution in [0.15, 0.2) is 0 Å². The van der Waals surface area contributed by atoms with Gasteiger partial charge in [0.1, 0.15) is 5.60 Å². The third kappa shape index (κ3) is 15.2. The van der Waals surface area contributed by atoms with Crippen molar-refractivity contribution in [2.45, 2.75) is 64.9 Å². The number of hydrogen-bond donors (Lipinski definition) is 3. The molecule has 0 spiro atoms. The molecule has 0 atom stereocenters. The molecule has 0 saturated heterocycles. The topological polar surface area (TPSA) is 76.4 Å². The molecule has 0 fully saturated rings. The van der Waals surface area contributed by atoms with Crippen LogP contribution in [0.5, 0.6) is 0 Å². The van der Waals surface area contributed by atoms with Gasteiger partial charge < -0.3 is 21.1 Å². The number of carbonyl (C=O) groups is 1. The summed E-state index contributed by atoms with van der Waals surface area (Å²) in [5.74, 6) is 0. The van der Waals surface area contributed by atoms with Crippen molar-refractivity contribution in [2.75, 3.05) is 26.2 Å². The predicted molar refractivity (Wildman–Crippen MR) is 83.9 cm³/mol. The van der Waals surface area contributed by atoms with E-state index in [9.17, 15) is 4.79 Å². The van der Waals surface area contributed by atoms with Gasteiger partial charge in [0, 0.05) is 6.54 Å². The molecule has 0 aliphatic rings. The van der Waals surface area contributed by atoms with Crippen molar-refractivity contribution in [3.05, 3.63) is 0 Å². The van der Waals surface area contributed by atoms with Gasteiger partial charge in [-0.05, 0) is 66.1 Å². The fourth-order valence-electron chi connectivity index (χ4n) is 1.75. The third-order valence-corrected chi connectivity index (χ3v) is 2.76. The molecule has 0 aromatic carbocycles. The van der Waals surface area contributed by atoms with Crippen molar-refractivity contribution >= 4 is 6.09 Å². The van der Waals surface area contributed by atoms with Crippen LogP contribution in [-0.4, -0.2) is 37.9 Å². The highest BCUT2D eigenvalue weighted by Crippen LogP contribution is 2.06. The number of amides is 1. The summed E-state index contributed by atoms with van der Waals surface area (Å²) >= 11 is 0. The molecule has 0 radical (unpaired) electrons. The molecule has 4 N–H and O–H groups in total. The van der Waals surface area contributed by atoms with Crippen molar-refractivity contribution in [2.24, 2.45) is 5.73 Å². The molecule has 1 amide bonds. The summed E-state index contributed by atoms with van der Waals surface area (Å²) in [5, 5.41) is 6.19. The van der Waals surface area contributed by atoms with Gasteiger partial charge in [-0.25, -0.2) is 4.79 Å². The summed E-state index contributed by atoms with van der Waals surface area (Å²) in [4.78, 5) is 11.4. The van der Waals surface area contributed by atoms with Crippen LogP contribution in [0.25, 0.3) is 0 Å². The van der Waals surface area contributed by atoms with E-state index < -0.39 is 5.60 Å². The average Bonchev–Trinajstić information content (AvgIpc) is 2.34. The largest absolute Gasteiger partial charge is 0.444 e. The first-order chi connectivity index (χ1) is 9.45. The molecular formula is C15H33N3O2. The zero-order valence-corrected chi connectivity index (χ0v) is 13.5. The fraction of sp³-hybridized carbons (Fsp3) is 0.933. The second-order valence-corrected chi connectivity index (χ2v) is 6.09. The molecule has 0 aromatic rings. The van der Waals surface area contributed by atoms with E-state index in [4.69, 9.17) is 10.5 Å². The van der Waals surface area contributed by atoms with Crippen LogP contribution in [0.2, 0.25) is 0 Å². The first kappa shape index (κ1) is 19.2. The number of ether oxygens (including phenoxy) is 1. The monoisotopic (exact) mass is 287 g/mol. The molecule has 0 aromatic heterocycles. The van der Waals surface area contributed by atoms with Gasteiger partial charge in [-0.3, -0.25) is 0 Å². The molecule has 20 heavy (non-hydrogen) atoms. The Kier molecular flexibility index (Phi) is 11.5. The lowest BCUT2D eigenvalue weighted by molar-refractivity contribution is 0.0527. The van der Waals surface area contributed by atoms with Gasteiger partial charge in [0.25, 0.3) is 0 Å². The smallest absolute Gasteiger partial charge is 0.407 e. The highest BCUT2D eigenvalue weighted by molar-refractivity contribution is 5.67. The van der Waals surface area contributed by atoms with Crippen molar-refractivity contribution in [3.8, 4) is 0 Å². The zero-order valence-electron chi connectivity index (χ0n) is 13.5. The summed E-state index contributed by atoms with van der Waals surface area (Å²) in [6.07, 6.45) is 6.47. The van der Waals surface area contributed by atoms with Crippen molar-refractivity contribution in [1.29, 1.82) is 0 Å². The van der Waals surface area contributed by atoms with E-state index >= 15 is 0 Å². The van der Waals surface area contributed by atoms with E-state index in [2.05, 4.69) is 10.6 Å². The summed E-state index contributed by atoms with van der Waals surface area (Å²) < 4.78 is 5.16. The average molecular weight is 287 g/mol. The number of nitrogens with two attached hydrogens (primary N) is 1. The molecule has 5 heteroatoms. The minimum atomic E-state index is -0.419. The van der Waals surface area contributed by atoms with E-state index in [0.29, 0.717) is 6.54 Å². The maximum Gasteiger partial charge on any atom is 0.407 e. The number of hydrogen-bond acceptors (Lipinski definition) is 4. The van der Waals surface area contributed by atoms with Gasteiger partial charge >= 0.3 is 6.09 Å². The molecule has 0 rings (SSSR count). The number of nitrogens with one attached hydrogen (secondary N) is 2. The molecule has 0 heterocycles. The van der Waals surface area contributed by atoms with Gasteiger partial charge in [-0.15, -0.1) is 0 Å². The Bertz CT molecular complexity index is 240. The number of alkyl carbamates (subject to hydrolysis) is 1. The minimum Gasteiger partial charge on any atom is -0.444 e. The van der Waals surface area contributed by atoms with Crippen LogP contribution in [0.4, 0.5) is 4.79 Å². The standard InChI is InChI=1S/C15H33N3O2/c1-15(2,3)20-14(19)18-13-9-5-8-12-17-11-7-4-6-10-16/h17H,4-13,16H2,1-3H3,(H,18,19). The fourth-order valence-corrected chi connectivity index (χ4v) is 1.75. The normalized spacial score (nSPS) is 11.4. The Morgan fingerprint density at radius 2 is 1.50 bits per heavy atom.